The fourth-order valence-electron chi connectivity index (χ4n) is 2.59. The van der Waals surface area contributed by atoms with Gasteiger partial charge >= 0.3 is 0 Å². The molecule has 0 unspecified atom stereocenters. The van der Waals surface area contributed by atoms with Crippen LogP contribution in [0.25, 0.3) is 21.3 Å². The zero-order valence-electron chi connectivity index (χ0n) is 12.7. The van der Waals surface area contributed by atoms with Crippen LogP contribution in [0.3, 0.4) is 0 Å². The third-order valence-corrected chi connectivity index (χ3v) is 4.72. The normalized spacial score (nSPS) is 10.3. The quantitative estimate of drug-likeness (QED) is 0.402. The summed E-state index contributed by atoms with van der Waals surface area (Å²) >= 11 is 1.66. The molecule has 0 fully saturated rings. The van der Waals surface area contributed by atoms with Crippen LogP contribution in [0, 0.1) is 11.8 Å². The molecule has 0 aliphatic carbocycles. The Hall–Kier alpha value is -3.09. The number of aromatic nitrogens is 1. The van der Waals surface area contributed by atoms with Crippen LogP contribution in [-0.2, 0) is 0 Å². The van der Waals surface area contributed by atoms with E-state index in [2.05, 4.69) is 16.8 Å². The summed E-state index contributed by atoms with van der Waals surface area (Å²) in [6.45, 7) is 0. The van der Waals surface area contributed by atoms with Crippen molar-refractivity contribution in [2.75, 3.05) is 0 Å². The molecular formula is C21H13NOS. The highest BCUT2D eigenvalue weighted by molar-refractivity contribution is 7.13. The predicted molar refractivity (Wildman–Crippen MR) is 99.3 cm³/mol. The third kappa shape index (κ3) is 2.88. The van der Waals surface area contributed by atoms with E-state index >= 15 is 0 Å². The standard InChI is InChI=1S/C21H13NOS/c23-20(9-7-15-6-8-19-16(13-15)10-11-22-19)17-3-1-4-18(14-17)21-5-2-12-24-21/h1-6,8,10-14,22H. The van der Waals surface area contributed by atoms with Crippen molar-refractivity contribution in [2.24, 2.45) is 0 Å². The van der Waals surface area contributed by atoms with Crippen LogP contribution in [0.1, 0.15) is 15.9 Å². The lowest BCUT2D eigenvalue weighted by Gasteiger charge is -1.99. The van der Waals surface area contributed by atoms with E-state index in [-0.39, 0.29) is 5.78 Å². The fourth-order valence-corrected chi connectivity index (χ4v) is 3.31. The molecule has 1 N–H and O–H groups in total. The van der Waals surface area contributed by atoms with E-state index < -0.39 is 0 Å². The number of H-pyrrole nitrogens is 1. The summed E-state index contributed by atoms with van der Waals surface area (Å²) in [6.07, 6.45) is 1.89. The fraction of sp³-hybridized carbons (Fsp3) is 0. The molecule has 3 heteroatoms. The number of rotatable bonds is 2. The molecule has 114 valence electrons. The van der Waals surface area contributed by atoms with Crippen molar-refractivity contribution in [1.82, 2.24) is 4.98 Å². The third-order valence-electron chi connectivity index (χ3n) is 3.80. The van der Waals surface area contributed by atoms with Crippen molar-refractivity contribution < 1.29 is 4.79 Å². The van der Waals surface area contributed by atoms with Gasteiger partial charge in [0.15, 0.2) is 0 Å². The van der Waals surface area contributed by atoms with Gasteiger partial charge in [-0.25, -0.2) is 0 Å². The average Bonchev–Trinajstić information content (AvgIpc) is 3.30. The summed E-state index contributed by atoms with van der Waals surface area (Å²) in [5.74, 6) is 5.55. The number of nitrogens with one attached hydrogen (secondary N) is 1. The molecular weight excluding hydrogens is 314 g/mol. The highest BCUT2D eigenvalue weighted by Gasteiger charge is 2.05. The SMILES string of the molecule is O=C(C#Cc1ccc2[nH]ccc2c1)c1cccc(-c2cccs2)c1. The van der Waals surface area contributed by atoms with Crippen LogP contribution in [-0.4, -0.2) is 10.8 Å². The average molecular weight is 327 g/mol. The van der Waals surface area contributed by atoms with Crippen LogP contribution < -0.4 is 0 Å². The predicted octanol–water partition coefficient (Wildman–Crippen LogP) is 5.13. The molecule has 0 saturated heterocycles. The maximum absolute atomic E-state index is 12.4. The van der Waals surface area contributed by atoms with Crippen LogP contribution in [0.2, 0.25) is 0 Å². The molecule has 24 heavy (non-hydrogen) atoms. The van der Waals surface area contributed by atoms with E-state index in [1.54, 1.807) is 11.3 Å². The molecule has 0 saturated carbocycles. The first-order valence-electron chi connectivity index (χ1n) is 7.57. The molecule has 2 nitrogen and oxygen atoms in total. The number of Topliss-reactive ketones (excluding diaryl/α,β-unsaturated/α-hetero) is 1. The van der Waals surface area contributed by atoms with E-state index in [9.17, 15) is 4.79 Å². The first-order chi connectivity index (χ1) is 11.8. The number of hydrogen-bond donors (Lipinski definition) is 1. The Balaban J connectivity index is 1.61. The number of aromatic amines is 1. The van der Waals surface area contributed by atoms with Crippen LogP contribution >= 0.6 is 11.3 Å². The Morgan fingerprint density at radius 2 is 1.96 bits per heavy atom. The van der Waals surface area contributed by atoms with Crippen LogP contribution in [0.5, 0.6) is 0 Å². The van der Waals surface area contributed by atoms with Gasteiger partial charge < -0.3 is 4.98 Å². The largest absolute Gasteiger partial charge is 0.361 e. The lowest BCUT2D eigenvalue weighted by atomic mass is 10.1. The monoisotopic (exact) mass is 327 g/mol. The zero-order chi connectivity index (χ0) is 16.4. The number of carbonyl (C=O) groups excluding carboxylic acids is 1. The molecule has 0 aliphatic heterocycles. The molecule has 2 aromatic heterocycles. The van der Waals surface area contributed by atoms with Gasteiger partial charge in [-0.05, 0) is 53.3 Å². The molecule has 0 spiro atoms. The second kappa shape index (κ2) is 6.19. The van der Waals surface area contributed by atoms with E-state index in [0.29, 0.717) is 5.56 Å². The lowest BCUT2D eigenvalue weighted by Crippen LogP contribution is -1.95. The molecule has 0 atom stereocenters. The van der Waals surface area contributed by atoms with Crippen molar-refractivity contribution in [1.29, 1.82) is 0 Å². The van der Waals surface area contributed by atoms with Gasteiger partial charge in [0.1, 0.15) is 0 Å². The second-order valence-electron chi connectivity index (χ2n) is 5.42. The van der Waals surface area contributed by atoms with E-state index in [1.165, 1.54) is 0 Å². The summed E-state index contributed by atoms with van der Waals surface area (Å²) < 4.78 is 0. The summed E-state index contributed by atoms with van der Waals surface area (Å²) in [5, 5.41) is 3.12. The minimum absolute atomic E-state index is 0.164. The first-order valence-corrected chi connectivity index (χ1v) is 8.45. The van der Waals surface area contributed by atoms with E-state index in [0.717, 1.165) is 26.9 Å². The second-order valence-corrected chi connectivity index (χ2v) is 6.36. The molecule has 0 radical (unpaired) electrons. The summed E-state index contributed by atoms with van der Waals surface area (Å²) in [5.41, 5.74) is 3.57. The van der Waals surface area contributed by atoms with Gasteiger partial charge in [-0.2, -0.15) is 0 Å². The van der Waals surface area contributed by atoms with Crippen molar-refractivity contribution >= 4 is 28.0 Å². The van der Waals surface area contributed by atoms with Gasteiger partial charge in [0.05, 0.1) is 0 Å². The van der Waals surface area contributed by atoms with Gasteiger partial charge in [0.25, 0.3) is 0 Å². The van der Waals surface area contributed by atoms with Crippen molar-refractivity contribution in [2.45, 2.75) is 0 Å². The molecule has 4 rings (SSSR count). The molecule has 4 aromatic rings. The van der Waals surface area contributed by atoms with Crippen molar-refractivity contribution in [3.05, 3.63) is 83.4 Å². The minimum Gasteiger partial charge on any atom is -0.361 e. The van der Waals surface area contributed by atoms with Crippen molar-refractivity contribution in [3.63, 3.8) is 0 Å². The van der Waals surface area contributed by atoms with Crippen LogP contribution in [0.4, 0.5) is 0 Å². The van der Waals surface area contributed by atoms with Gasteiger partial charge in [-0.3, -0.25) is 4.79 Å². The van der Waals surface area contributed by atoms with Gasteiger partial charge in [0, 0.05) is 33.1 Å². The smallest absolute Gasteiger partial charge is 0.236 e. The van der Waals surface area contributed by atoms with Crippen molar-refractivity contribution in [3.8, 4) is 22.3 Å². The van der Waals surface area contributed by atoms with Gasteiger partial charge in [-0.15, -0.1) is 11.3 Å². The molecule has 2 heterocycles. The lowest BCUT2D eigenvalue weighted by molar-refractivity contribution is 0.105. The summed E-state index contributed by atoms with van der Waals surface area (Å²) in [6, 6.07) is 19.5. The Morgan fingerprint density at radius 3 is 2.83 bits per heavy atom. The van der Waals surface area contributed by atoms with Gasteiger partial charge in [-0.1, -0.05) is 30.2 Å². The topological polar surface area (TPSA) is 32.9 Å². The number of ketones is 1. The number of benzene rings is 2. The highest BCUT2D eigenvalue weighted by atomic mass is 32.1. The summed E-state index contributed by atoms with van der Waals surface area (Å²) in [4.78, 5) is 16.7. The van der Waals surface area contributed by atoms with E-state index in [1.807, 2.05) is 72.2 Å². The zero-order valence-corrected chi connectivity index (χ0v) is 13.6. The summed E-state index contributed by atoms with van der Waals surface area (Å²) in [7, 11) is 0. The first kappa shape index (κ1) is 14.5. The minimum atomic E-state index is -0.164. The number of fused-ring (bicyclic) bond motifs is 1. The highest BCUT2D eigenvalue weighted by Crippen LogP contribution is 2.25. The molecule has 0 bridgehead atoms. The molecule has 2 aromatic carbocycles. The number of hydrogen-bond acceptors (Lipinski definition) is 2. The van der Waals surface area contributed by atoms with E-state index in [4.69, 9.17) is 0 Å². The maximum Gasteiger partial charge on any atom is 0.236 e. The Bertz CT molecular complexity index is 1080. The molecule has 0 aliphatic rings. The molecule has 0 amide bonds. The number of carbonyl (C=O) groups is 1. The maximum atomic E-state index is 12.4. The Kier molecular flexibility index (Phi) is 3.74. The Labute approximate surface area is 143 Å². The van der Waals surface area contributed by atoms with Gasteiger partial charge in [0.2, 0.25) is 5.78 Å². The number of thiophene rings is 1. The van der Waals surface area contributed by atoms with Crippen LogP contribution in [0.15, 0.2) is 72.2 Å². The Morgan fingerprint density at radius 1 is 1.00 bits per heavy atom.